The first kappa shape index (κ1) is 26.2. The lowest BCUT2D eigenvalue weighted by molar-refractivity contribution is 0.0601. The second kappa shape index (κ2) is 12.3. The predicted octanol–water partition coefficient (Wildman–Crippen LogP) is 5.71. The van der Waals surface area contributed by atoms with Gasteiger partial charge in [-0.3, -0.25) is 4.79 Å². The third-order valence-electron chi connectivity index (χ3n) is 5.37. The molecule has 0 aliphatic rings. The van der Waals surface area contributed by atoms with Crippen LogP contribution in [0.5, 0.6) is 5.75 Å². The van der Waals surface area contributed by atoms with E-state index < -0.39 is 5.97 Å². The average molecular weight is 512 g/mol. The summed E-state index contributed by atoms with van der Waals surface area (Å²) in [5.41, 5.74) is 2.72. The number of esters is 1. The summed E-state index contributed by atoms with van der Waals surface area (Å²) < 4.78 is 10.8. The molecule has 0 spiro atoms. The molecule has 3 aromatic rings. The van der Waals surface area contributed by atoms with Gasteiger partial charge in [0, 0.05) is 18.8 Å². The van der Waals surface area contributed by atoms with Crippen LogP contribution in [0.4, 0.5) is 10.7 Å². The van der Waals surface area contributed by atoms with E-state index in [0.717, 1.165) is 17.0 Å². The van der Waals surface area contributed by atoms with Crippen LogP contribution in [0.25, 0.3) is 0 Å². The molecule has 0 bridgehead atoms. The fraction of sp³-hybridized carbons (Fsp3) is 0.269. The van der Waals surface area contributed by atoms with E-state index in [0.29, 0.717) is 40.7 Å². The number of hydrogen-bond acceptors (Lipinski definition) is 6. The molecule has 35 heavy (non-hydrogen) atoms. The number of carbonyl (C=O) groups excluding carboxylic acids is 2. The molecule has 1 aromatic heterocycles. The summed E-state index contributed by atoms with van der Waals surface area (Å²) in [7, 11) is 1.31. The van der Waals surface area contributed by atoms with Crippen molar-refractivity contribution in [2.75, 3.05) is 30.8 Å². The zero-order chi connectivity index (χ0) is 25.4. The van der Waals surface area contributed by atoms with Crippen molar-refractivity contribution < 1.29 is 19.1 Å². The molecule has 0 aliphatic heterocycles. The van der Waals surface area contributed by atoms with E-state index in [4.69, 9.17) is 21.7 Å². The van der Waals surface area contributed by atoms with Crippen molar-refractivity contribution in [1.82, 2.24) is 4.90 Å². The molecule has 3 rings (SSSR count). The molecule has 0 atom stereocenters. The molecule has 9 heteroatoms. The Morgan fingerprint density at radius 3 is 2.26 bits per heavy atom. The maximum atomic E-state index is 13.0. The molecule has 2 aromatic carbocycles. The van der Waals surface area contributed by atoms with E-state index in [2.05, 4.69) is 10.6 Å². The molecule has 1 heterocycles. The van der Waals surface area contributed by atoms with Gasteiger partial charge in [0.1, 0.15) is 17.4 Å². The number of amides is 1. The second-order valence-corrected chi connectivity index (χ2v) is 9.04. The first-order chi connectivity index (χ1) is 16.9. The lowest BCUT2D eigenvalue weighted by Gasteiger charge is -2.17. The first-order valence-electron chi connectivity index (χ1n) is 11.2. The number of methoxy groups -OCH3 is 1. The first-order valence-corrected chi connectivity index (χ1v) is 12.5. The van der Waals surface area contributed by atoms with Crippen LogP contribution >= 0.6 is 23.6 Å². The molecule has 0 saturated carbocycles. The fourth-order valence-corrected chi connectivity index (χ4v) is 4.90. The van der Waals surface area contributed by atoms with E-state index >= 15 is 0 Å². The molecule has 184 valence electrons. The van der Waals surface area contributed by atoms with Crippen LogP contribution < -0.4 is 15.4 Å². The van der Waals surface area contributed by atoms with Crippen LogP contribution in [-0.4, -0.2) is 42.1 Å². The van der Waals surface area contributed by atoms with Crippen LogP contribution in [0.15, 0.2) is 54.6 Å². The molecule has 0 saturated heterocycles. The number of thiophene rings is 1. The van der Waals surface area contributed by atoms with E-state index in [1.54, 1.807) is 11.8 Å². The van der Waals surface area contributed by atoms with Crippen molar-refractivity contribution in [1.29, 1.82) is 0 Å². The number of ether oxygens (including phenoxy) is 2. The standard InChI is InChI=1S/C26H29N3O4S2/c1-5-29(6-2)24(30)22-17(3)21(25(31)32-4)23(35-22)28-26(34)27-19-12-14-20(15-13-19)33-16-18-10-8-7-9-11-18/h7-15H,5-6,16H2,1-4H3,(H2,27,28,34). The van der Waals surface area contributed by atoms with Crippen LogP contribution in [0.2, 0.25) is 0 Å². The summed E-state index contributed by atoms with van der Waals surface area (Å²) in [6.07, 6.45) is 0. The van der Waals surface area contributed by atoms with Crippen molar-refractivity contribution in [3.05, 3.63) is 76.2 Å². The molecule has 0 aliphatic carbocycles. The van der Waals surface area contributed by atoms with Crippen molar-refractivity contribution in [3.63, 3.8) is 0 Å². The number of hydrogen-bond donors (Lipinski definition) is 2. The largest absolute Gasteiger partial charge is 0.489 e. The number of nitrogens with zero attached hydrogens (tertiary/aromatic N) is 1. The Labute approximate surface area is 215 Å². The maximum Gasteiger partial charge on any atom is 0.341 e. The lowest BCUT2D eigenvalue weighted by Crippen LogP contribution is -2.30. The van der Waals surface area contributed by atoms with Crippen molar-refractivity contribution >= 4 is 51.2 Å². The molecule has 0 fully saturated rings. The van der Waals surface area contributed by atoms with Crippen LogP contribution in [0, 0.1) is 6.92 Å². The lowest BCUT2D eigenvalue weighted by atomic mass is 10.1. The molecule has 7 nitrogen and oxygen atoms in total. The topological polar surface area (TPSA) is 79.9 Å². The Balaban J connectivity index is 1.70. The van der Waals surface area contributed by atoms with E-state index in [9.17, 15) is 9.59 Å². The molecule has 0 unspecified atom stereocenters. The van der Waals surface area contributed by atoms with Gasteiger partial charge in [-0.1, -0.05) is 30.3 Å². The Bertz CT molecular complexity index is 1170. The van der Waals surface area contributed by atoms with Crippen molar-refractivity contribution in [3.8, 4) is 5.75 Å². The number of rotatable bonds is 9. The van der Waals surface area contributed by atoms with Crippen molar-refractivity contribution in [2.45, 2.75) is 27.4 Å². The minimum absolute atomic E-state index is 0.124. The minimum Gasteiger partial charge on any atom is -0.489 e. The van der Waals surface area contributed by atoms with E-state index in [1.807, 2.05) is 68.4 Å². The summed E-state index contributed by atoms with van der Waals surface area (Å²) in [5, 5.41) is 6.92. The number of nitrogens with one attached hydrogen (secondary N) is 2. The van der Waals surface area contributed by atoms with Gasteiger partial charge in [0.2, 0.25) is 0 Å². The predicted molar refractivity (Wildman–Crippen MR) is 145 cm³/mol. The van der Waals surface area contributed by atoms with Crippen LogP contribution in [0.3, 0.4) is 0 Å². The van der Waals surface area contributed by atoms with Gasteiger partial charge in [-0.25, -0.2) is 4.79 Å². The summed E-state index contributed by atoms with van der Waals surface area (Å²) in [5.74, 6) is 0.0860. The number of anilines is 2. The van der Waals surface area contributed by atoms with E-state index in [1.165, 1.54) is 18.4 Å². The maximum absolute atomic E-state index is 13.0. The highest BCUT2D eigenvalue weighted by atomic mass is 32.1. The zero-order valence-electron chi connectivity index (χ0n) is 20.2. The monoisotopic (exact) mass is 511 g/mol. The summed E-state index contributed by atoms with van der Waals surface area (Å²) in [4.78, 5) is 27.6. The fourth-order valence-electron chi connectivity index (χ4n) is 3.45. The molecular weight excluding hydrogens is 482 g/mol. The highest BCUT2D eigenvalue weighted by molar-refractivity contribution is 7.80. The zero-order valence-corrected chi connectivity index (χ0v) is 21.8. The smallest absolute Gasteiger partial charge is 0.341 e. The highest BCUT2D eigenvalue weighted by Crippen LogP contribution is 2.34. The number of carbonyl (C=O) groups is 2. The van der Waals surface area contributed by atoms with Gasteiger partial charge in [-0.2, -0.15) is 0 Å². The third kappa shape index (κ3) is 6.58. The number of benzene rings is 2. The van der Waals surface area contributed by atoms with Gasteiger partial charge < -0.3 is 25.0 Å². The van der Waals surface area contributed by atoms with Gasteiger partial charge in [0.15, 0.2) is 5.11 Å². The molecular formula is C26H29N3O4S2. The van der Waals surface area contributed by atoms with Gasteiger partial charge in [0.05, 0.1) is 17.6 Å². The second-order valence-electron chi connectivity index (χ2n) is 7.61. The molecule has 1 amide bonds. The van der Waals surface area contributed by atoms with E-state index in [-0.39, 0.29) is 11.0 Å². The minimum atomic E-state index is -0.525. The molecule has 2 N–H and O–H groups in total. The highest BCUT2D eigenvalue weighted by Gasteiger charge is 2.27. The SMILES string of the molecule is CCN(CC)C(=O)c1sc(NC(=S)Nc2ccc(OCc3ccccc3)cc2)c(C(=O)OC)c1C. The quantitative estimate of drug-likeness (QED) is 0.281. The average Bonchev–Trinajstić information content (AvgIpc) is 3.19. The number of thiocarbonyl (C=S) groups is 1. The summed E-state index contributed by atoms with van der Waals surface area (Å²) in [6, 6.07) is 17.3. The molecule has 0 radical (unpaired) electrons. The summed E-state index contributed by atoms with van der Waals surface area (Å²) >= 11 is 6.66. The van der Waals surface area contributed by atoms with Crippen LogP contribution in [-0.2, 0) is 11.3 Å². The Morgan fingerprint density at radius 2 is 1.66 bits per heavy atom. The van der Waals surface area contributed by atoms with Crippen molar-refractivity contribution in [2.24, 2.45) is 0 Å². The third-order valence-corrected chi connectivity index (χ3v) is 6.77. The Hall–Kier alpha value is -3.43. The summed E-state index contributed by atoms with van der Waals surface area (Å²) in [6.45, 7) is 7.22. The Morgan fingerprint density at radius 1 is 1.00 bits per heavy atom. The van der Waals surface area contributed by atoms with Gasteiger partial charge in [0.25, 0.3) is 5.91 Å². The normalized spacial score (nSPS) is 10.4. The van der Waals surface area contributed by atoms with Gasteiger partial charge in [-0.15, -0.1) is 11.3 Å². The Kier molecular flexibility index (Phi) is 9.22. The van der Waals surface area contributed by atoms with Gasteiger partial charge >= 0.3 is 5.97 Å². The van der Waals surface area contributed by atoms with Gasteiger partial charge in [-0.05, 0) is 68.4 Å². The van der Waals surface area contributed by atoms with Crippen LogP contribution in [0.1, 0.15) is 45.0 Å².